The standard InChI is InChI=1S/C18H21N3O4S/c1-12-10-21(17(24)19-16(12)23)11-14(22)20-6-4-18(5-7-20)15-13(2-8-25-18)3-9-26-15/h3,9-10H,2,4-8,11H2,1H3,(H,19,23,24). The van der Waals surface area contributed by atoms with Gasteiger partial charge in [0.2, 0.25) is 5.91 Å². The lowest BCUT2D eigenvalue weighted by Gasteiger charge is -2.43. The molecule has 7 nitrogen and oxygen atoms in total. The van der Waals surface area contributed by atoms with E-state index >= 15 is 0 Å². The van der Waals surface area contributed by atoms with E-state index in [1.807, 2.05) is 0 Å². The fraction of sp³-hybridized carbons (Fsp3) is 0.500. The summed E-state index contributed by atoms with van der Waals surface area (Å²) in [5.74, 6) is -0.115. The Labute approximate surface area is 154 Å². The number of rotatable bonds is 2. The monoisotopic (exact) mass is 375 g/mol. The number of ether oxygens (including phenoxy) is 1. The van der Waals surface area contributed by atoms with Crippen LogP contribution in [-0.2, 0) is 28.1 Å². The van der Waals surface area contributed by atoms with Crippen LogP contribution < -0.4 is 11.2 Å². The summed E-state index contributed by atoms with van der Waals surface area (Å²) >= 11 is 1.74. The van der Waals surface area contributed by atoms with E-state index < -0.39 is 11.2 Å². The van der Waals surface area contributed by atoms with Crippen molar-refractivity contribution in [3.05, 3.63) is 54.5 Å². The second-order valence-corrected chi connectivity index (χ2v) is 7.86. The quantitative estimate of drug-likeness (QED) is 0.849. The van der Waals surface area contributed by atoms with Gasteiger partial charge in [-0.3, -0.25) is 19.1 Å². The molecule has 4 heterocycles. The maximum absolute atomic E-state index is 12.6. The first-order valence-corrected chi connectivity index (χ1v) is 9.65. The Morgan fingerprint density at radius 3 is 2.88 bits per heavy atom. The van der Waals surface area contributed by atoms with E-state index in [0.29, 0.717) is 18.7 Å². The zero-order valence-corrected chi connectivity index (χ0v) is 15.4. The third-order valence-corrected chi connectivity index (χ3v) is 6.47. The van der Waals surface area contributed by atoms with Crippen molar-refractivity contribution in [3.63, 3.8) is 0 Å². The van der Waals surface area contributed by atoms with Gasteiger partial charge in [-0.25, -0.2) is 4.79 Å². The molecule has 1 N–H and O–H groups in total. The molecule has 0 radical (unpaired) electrons. The average molecular weight is 375 g/mol. The molecule has 2 aliphatic heterocycles. The van der Waals surface area contributed by atoms with Gasteiger partial charge in [0.15, 0.2) is 0 Å². The Hall–Kier alpha value is -2.19. The van der Waals surface area contributed by atoms with Gasteiger partial charge in [0, 0.05) is 29.7 Å². The van der Waals surface area contributed by atoms with Gasteiger partial charge in [-0.15, -0.1) is 11.3 Å². The summed E-state index contributed by atoms with van der Waals surface area (Å²) in [7, 11) is 0. The number of thiophene rings is 1. The Morgan fingerprint density at radius 1 is 1.35 bits per heavy atom. The minimum absolute atomic E-state index is 0.0609. The SMILES string of the molecule is Cc1cn(CC(=O)N2CCC3(CC2)OCCc2ccsc23)c(=O)[nH]c1=O. The molecule has 0 aromatic carbocycles. The molecule has 4 rings (SSSR count). The fourth-order valence-corrected chi connectivity index (χ4v) is 4.99. The largest absolute Gasteiger partial charge is 0.369 e. The van der Waals surface area contributed by atoms with E-state index in [-0.39, 0.29) is 18.1 Å². The van der Waals surface area contributed by atoms with E-state index in [1.54, 1.807) is 23.2 Å². The zero-order chi connectivity index (χ0) is 18.3. The highest BCUT2D eigenvalue weighted by atomic mass is 32.1. The van der Waals surface area contributed by atoms with Gasteiger partial charge in [-0.05, 0) is 43.2 Å². The number of H-pyrrole nitrogens is 1. The van der Waals surface area contributed by atoms with Crippen molar-refractivity contribution in [3.8, 4) is 0 Å². The van der Waals surface area contributed by atoms with Crippen molar-refractivity contribution < 1.29 is 9.53 Å². The Kier molecular flexibility index (Phi) is 4.32. The number of nitrogens with zero attached hydrogens (tertiary/aromatic N) is 2. The third kappa shape index (κ3) is 2.93. The molecule has 138 valence electrons. The number of amides is 1. The number of aromatic nitrogens is 2. The molecule has 0 aliphatic carbocycles. The summed E-state index contributed by atoms with van der Waals surface area (Å²) in [6.07, 6.45) is 3.93. The Morgan fingerprint density at radius 2 is 2.12 bits per heavy atom. The average Bonchev–Trinajstić information content (AvgIpc) is 3.11. The highest BCUT2D eigenvalue weighted by molar-refractivity contribution is 7.10. The second-order valence-electron chi connectivity index (χ2n) is 6.95. The van der Waals surface area contributed by atoms with Crippen molar-refractivity contribution in [1.29, 1.82) is 0 Å². The minimum atomic E-state index is -0.554. The minimum Gasteiger partial charge on any atom is -0.369 e. The maximum Gasteiger partial charge on any atom is 0.328 e. The molecule has 0 atom stereocenters. The first kappa shape index (κ1) is 17.2. The van der Waals surface area contributed by atoms with Crippen LogP contribution in [0, 0.1) is 6.92 Å². The van der Waals surface area contributed by atoms with Crippen LogP contribution in [0.2, 0.25) is 0 Å². The summed E-state index contributed by atoms with van der Waals surface area (Å²) < 4.78 is 7.42. The van der Waals surface area contributed by atoms with Gasteiger partial charge in [-0.2, -0.15) is 0 Å². The van der Waals surface area contributed by atoms with Gasteiger partial charge in [0.25, 0.3) is 5.56 Å². The summed E-state index contributed by atoms with van der Waals surface area (Å²) in [4.78, 5) is 41.3. The Balaban J connectivity index is 1.46. The van der Waals surface area contributed by atoms with Crippen molar-refractivity contribution in [2.75, 3.05) is 19.7 Å². The topological polar surface area (TPSA) is 84.4 Å². The van der Waals surface area contributed by atoms with Crippen molar-refractivity contribution in [1.82, 2.24) is 14.5 Å². The number of carbonyl (C=O) groups excluding carboxylic acids is 1. The number of aryl methyl sites for hydroxylation is 1. The Bertz CT molecular complexity index is 950. The van der Waals surface area contributed by atoms with E-state index in [2.05, 4.69) is 16.4 Å². The number of hydrogen-bond donors (Lipinski definition) is 1. The van der Waals surface area contributed by atoms with Crippen LogP contribution in [0.4, 0.5) is 0 Å². The molecule has 1 fully saturated rings. The smallest absolute Gasteiger partial charge is 0.328 e. The van der Waals surface area contributed by atoms with Crippen LogP contribution in [0.1, 0.15) is 28.8 Å². The molecule has 1 saturated heterocycles. The predicted molar refractivity (Wildman–Crippen MR) is 97.5 cm³/mol. The highest BCUT2D eigenvalue weighted by Gasteiger charge is 2.42. The lowest BCUT2D eigenvalue weighted by molar-refractivity contribution is -0.140. The molecule has 0 saturated carbocycles. The van der Waals surface area contributed by atoms with E-state index in [0.717, 1.165) is 25.9 Å². The van der Waals surface area contributed by atoms with Crippen LogP contribution in [0.3, 0.4) is 0 Å². The molecule has 8 heteroatoms. The molecule has 2 aliphatic rings. The predicted octanol–water partition coefficient (Wildman–Crippen LogP) is 0.997. The normalized spacial score (nSPS) is 18.7. The molecule has 2 aromatic rings. The van der Waals surface area contributed by atoms with Crippen LogP contribution in [-0.4, -0.2) is 40.1 Å². The number of likely N-dealkylation sites (tertiary alicyclic amines) is 1. The first-order chi connectivity index (χ1) is 12.5. The number of aromatic amines is 1. The van der Waals surface area contributed by atoms with Crippen LogP contribution in [0.5, 0.6) is 0 Å². The molecule has 26 heavy (non-hydrogen) atoms. The third-order valence-electron chi connectivity index (χ3n) is 5.33. The first-order valence-electron chi connectivity index (χ1n) is 8.77. The number of hydrogen-bond acceptors (Lipinski definition) is 5. The molecule has 1 spiro atoms. The summed E-state index contributed by atoms with van der Waals surface area (Å²) in [6, 6.07) is 2.17. The number of fused-ring (bicyclic) bond motifs is 2. The number of nitrogens with one attached hydrogen (secondary N) is 1. The molecule has 0 unspecified atom stereocenters. The molecule has 1 amide bonds. The van der Waals surface area contributed by atoms with Crippen LogP contribution in [0.15, 0.2) is 27.2 Å². The number of piperidine rings is 1. The lowest BCUT2D eigenvalue weighted by Crippen LogP contribution is -2.49. The summed E-state index contributed by atoms with van der Waals surface area (Å²) in [6.45, 7) is 3.49. The lowest BCUT2D eigenvalue weighted by atomic mass is 9.85. The summed E-state index contributed by atoms with van der Waals surface area (Å²) in [5.41, 5.74) is 0.553. The van der Waals surface area contributed by atoms with Crippen LogP contribution >= 0.6 is 11.3 Å². The van der Waals surface area contributed by atoms with Crippen molar-refractivity contribution in [2.24, 2.45) is 0 Å². The molecular formula is C18H21N3O4S. The highest BCUT2D eigenvalue weighted by Crippen LogP contribution is 2.44. The number of carbonyl (C=O) groups is 1. The zero-order valence-electron chi connectivity index (χ0n) is 14.6. The van der Waals surface area contributed by atoms with E-state index in [9.17, 15) is 14.4 Å². The van der Waals surface area contributed by atoms with E-state index in [4.69, 9.17) is 4.74 Å². The molecule has 2 aromatic heterocycles. The molecular weight excluding hydrogens is 354 g/mol. The van der Waals surface area contributed by atoms with Gasteiger partial charge in [-0.1, -0.05) is 0 Å². The van der Waals surface area contributed by atoms with Crippen molar-refractivity contribution >= 4 is 17.2 Å². The summed E-state index contributed by atoms with van der Waals surface area (Å²) in [5, 5.41) is 2.11. The fourth-order valence-electron chi connectivity index (χ4n) is 3.82. The van der Waals surface area contributed by atoms with Gasteiger partial charge in [0.05, 0.1) is 6.61 Å². The van der Waals surface area contributed by atoms with Crippen LogP contribution in [0.25, 0.3) is 0 Å². The van der Waals surface area contributed by atoms with E-state index in [1.165, 1.54) is 21.2 Å². The molecule has 0 bridgehead atoms. The van der Waals surface area contributed by atoms with Gasteiger partial charge in [0.1, 0.15) is 12.1 Å². The maximum atomic E-state index is 12.6. The van der Waals surface area contributed by atoms with Crippen molar-refractivity contribution in [2.45, 2.75) is 38.3 Å². The van der Waals surface area contributed by atoms with Gasteiger partial charge >= 0.3 is 5.69 Å². The van der Waals surface area contributed by atoms with Gasteiger partial charge < -0.3 is 9.64 Å². The second kappa shape index (κ2) is 6.51.